The summed E-state index contributed by atoms with van der Waals surface area (Å²) in [5.41, 5.74) is 1.44. The summed E-state index contributed by atoms with van der Waals surface area (Å²) in [5, 5.41) is 0. The fourth-order valence-electron chi connectivity index (χ4n) is 2.75. The van der Waals surface area contributed by atoms with E-state index in [2.05, 4.69) is 0 Å². The van der Waals surface area contributed by atoms with E-state index >= 15 is 0 Å². The van der Waals surface area contributed by atoms with E-state index in [-0.39, 0.29) is 18.2 Å². The van der Waals surface area contributed by atoms with Crippen molar-refractivity contribution in [3.05, 3.63) is 53.6 Å². The van der Waals surface area contributed by atoms with Gasteiger partial charge in [-0.05, 0) is 37.3 Å². The molecule has 0 saturated carbocycles. The van der Waals surface area contributed by atoms with Crippen LogP contribution >= 0.6 is 0 Å². The number of rotatable bonds is 3. The fraction of sp³-hybridized carbons (Fsp3) is 0.250. The van der Waals surface area contributed by atoms with Crippen LogP contribution in [-0.2, 0) is 9.53 Å². The third kappa shape index (κ3) is 2.07. The molecule has 0 saturated heterocycles. The number of anilines is 1. The van der Waals surface area contributed by atoms with Crippen LogP contribution in [0.15, 0.2) is 36.5 Å². The molecule has 1 atom stereocenters. The zero-order valence-corrected chi connectivity index (χ0v) is 12.2. The summed E-state index contributed by atoms with van der Waals surface area (Å²) in [6.07, 6.45) is 1.63. The molecule has 2 heterocycles. The van der Waals surface area contributed by atoms with Gasteiger partial charge in [0.05, 0.1) is 6.61 Å². The lowest BCUT2D eigenvalue weighted by Crippen LogP contribution is -2.29. The molecule has 0 bridgehead atoms. The third-order valence-electron chi connectivity index (χ3n) is 3.75. The molecule has 5 nitrogen and oxygen atoms in total. The number of ether oxygens (including phenoxy) is 1. The second-order valence-electron chi connectivity index (χ2n) is 5.02. The molecule has 0 spiro atoms. The Morgan fingerprint density at radius 1 is 1.36 bits per heavy atom. The van der Waals surface area contributed by atoms with Crippen molar-refractivity contribution in [1.29, 1.82) is 0 Å². The third-order valence-corrected chi connectivity index (χ3v) is 3.75. The number of aromatic nitrogens is 1. The van der Waals surface area contributed by atoms with E-state index in [0.717, 1.165) is 0 Å². The number of benzene rings is 1. The lowest BCUT2D eigenvalue weighted by molar-refractivity contribution is -0.119. The minimum atomic E-state index is -0.759. The molecule has 0 radical (unpaired) electrons. The first kappa shape index (κ1) is 14.3. The maximum absolute atomic E-state index is 13.6. The van der Waals surface area contributed by atoms with Crippen LogP contribution in [0.1, 0.15) is 29.0 Å². The molecule has 1 aliphatic rings. The van der Waals surface area contributed by atoms with Gasteiger partial charge in [-0.3, -0.25) is 4.79 Å². The Balaban J connectivity index is 2.11. The molecule has 1 aliphatic heterocycles. The molecule has 22 heavy (non-hydrogen) atoms. The molecule has 1 aromatic carbocycles. The summed E-state index contributed by atoms with van der Waals surface area (Å²) in [6, 6.07) is 6.70. The molecule has 1 aromatic heterocycles. The van der Waals surface area contributed by atoms with Crippen molar-refractivity contribution in [3.63, 3.8) is 0 Å². The topological polar surface area (TPSA) is 51.5 Å². The Morgan fingerprint density at radius 3 is 2.86 bits per heavy atom. The number of carbonyl (C=O) groups is 2. The molecule has 0 N–H and O–H groups in total. The van der Waals surface area contributed by atoms with Crippen LogP contribution in [0.4, 0.5) is 10.1 Å². The normalized spacial score (nSPS) is 16.8. The predicted molar refractivity (Wildman–Crippen MR) is 78.3 cm³/mol. The number of fused-ring (bicyclic) bond motifs is 1. The molecular formula is C16H15FN2O3. The van der Waals surface area contributed by atoms with Crippen molar-refractivity contribution in [1.82, 2.24) is 4.57 Å². The minimum Gasteiger partial charge on any atom is -0.461 e. The van der Waals surface area contributed by atoms with Gasteiger partial charge >= 0.3 is 5.97 Å². The highest BCUT2D eigenvalue weighted by atomic mass is 19.1. The highest BCUT2D eigenvalue weighted by Gasteiger charge is 2.38. The number of hydrogen-bond donors (Lipinski definition) is 0. The van der Waals surface area contributed by atoms with Gasteiger partial charge in [0, 0.05) is 24.5 Å². The van der Waals surface area contributed by atoms with Crippen LogP contribution in [0.25, 0.3) is 0 Å². The van der Waals surface area contributed by atoms with Crippen molar-refractivity contribution < 1.29 is 18.7 Å². The maximum atomic E-state index is 13.6. The van der Waals surface area contributed by atoms with Gasteiger partial charge in [0.15, 0.2) is 0 Å². The van der Waals surface area contributed by atoms with Crippen LogP contribution in [0.2, 0.25) is 0 Å². The van der Waals surface area contributed by atoms with Gasteiger partial charge < -0.3 is 14.2 Å². The van der Waals surface area contributed by atoms with Crippen molar-refractivity contribution in [2.24, 2.45) is 0 Å². The van der Waals surface area contributed by atoms with Gasteiger partial charge in [0.1, 0.15) is 17.6 Å². The summed E-state index contributed by atoms with van der Waals surface area (Å²) in [4.78, 5) is 26.0. The number of carbonyl (C=O) groups excluding carboxylic acids is 2. The number of halogens is 1. The number of nitrogens with zero attached hydrogens (tertiary/aromatic N) is 2. The molecule has 3 rings (SSSR count). The van der Waals surface area contributed by atoms with E-state index in [4.69, 9.17) is 4.74 Å². The predicted octanol–water partition coefficient (Wildman–Crippen LogP) is 2.37. The quantitative estimate of drug-likeness (QED) is 0.818. The van der Waals surface area contributed by atoms with Crippen LogP contribution in [0, 0.1) is 5.82 Å². The molecule has 1 amide bonds. The Morgan fingerprint density at radius 2 is 2.14 bits per heavy atom. The molecule has 0 aliphatic carbocycles. The van der Waals surface area contributed by atoms with E-state index in [9.17, 15) is 14.0 Å². The summed E-state index contributed by atoms with van der Waals surface area (Å²) in [5.74, 6) is -1.15. The molecule has 114 valence electrons. The van der Waals surface area contributed by atoms with Crippen molar-refractivity contribution >= 4 is 17.6 Å². The van der Waals surface area contributed by atoms with Crippen molar-refractivity contribution in [2.45, 2.75) is 13.0 Å². The fourth-order valence-corrected chi connectivity index (χ4v) is 2.75. The molecule has 2 aromatic rings. The first-order valence-corrected chi connectivity index (χ1v) is 6.95. The van der Waals surface area contributed by atoms with E-state index in [1.807, 2.05) is 0 Å². The maximum Gasteiger partial charge on any atom is 0.354 e. The summed E-state index contributed by atoms with van der Waals surface area (Å²) >= 11 is 0. The van der Waals surface area contributed by atoms with E-state index in [0.29, 0.717) is 11.3 Å². The Labute approximate surface area is 126 Å². The monoisotopic (exact) mass is 302 g/mol. The van der Waals surface area contributed by atoms with Gasteiger partial charge in [-0.1, -0.05) is 0 Å². The Kier molecular flexibility index (Phi) is 3.44. The smallest absolute Gasteiger partial charge is 0.354 e. The second-order valence-corrected chi connectivity index (χ2v) is 5.02. The number of likely N-dealkylation sites (N-methyl/N-ethyl adjacent to an activating group) is 1. The van der Waals surface area contributed by atoms with Gasteiger partial charge in [-0.15, -0.1) is 0 Å². The Hall–Kier alpha value is -2.63. The van der Waals surface area contributed by atoms with E-state index in [1.165, 1.54) is 21.6 Å². The average Bonchev–Trinajstić information content (AvgIpc) is 3.04. The van der Waals surface area contributed by atoms with Crippen LogP contribution in [0.5, 0.6) is 0 Å². The van der Waals surface area contributed by atoms with E-state index in [1.54, 1.807) is 38.4 Å². The minimum absolute atomic E-state index is 0.220. The molecule has 6 heteroatoms. The standard InChI is InChI=1S/C16H15FN2O3/c1-3-22-16(21)13-5-4-8-19(13)14-11-9-10(17)6-7-12(11)18(2)15(14)20/h4-9,14H,3H2,1-2H3. The van der Waals surface area contributed by atoms with Crippen LogP contribution in [0.3, 0.4) is 0 Å². The lowest BCUT2D eigenvalue weighted by atomic mass is 10.1. The van der Waals surface area contributed by atoms with Gasteiger partial charge in [-0.25, -0.2) is 9.18 Å². The van der Waals surface area contributed by atoms with Gasteiger partial charge in [-0.2, -0.15) is 0 Å². The number of amides is 1. The number of hydrogen-bond acceptors (Lipinski definition) is 3. The molecule has 0 fully saturated rings. The largest absolute Gasteiger partial charge is 0.461 e. The van der Waals surface area contributed by atoms with Crippen LogP contribution < -0.4 is 4.90 Å². The first-order chi connectivity index (χ1) is 10.5. The summed E-state index contributed by atoms with van der Waals surface area (Å²) < 4.78 is 20.1. The second kappa shape index (κ2) is 5.29. The SMILES string of the molecule is CCOC(=O)c1cccn1C1C(=O)N(C)c2ccc(F)cc21. The first-order valence-electron chi connectivity index (χ1n) is 6.95. The number of esters is 1. The molecular weight excluding hydrogens is 287 g/mol. The summed E-state index contributed by atoms with van der Waals surface area (Å²) in [6.45, 7) is 1.96. The zero-order chi connectivity index (χ0) is 15.9. The van der Waals surface area contributed by atoms with Gasteiger partial charge in [0.2, 0.25) is 0 Å². The highest BCUT2D eigenvalue weighted by Crippen LogP contribution is 2.38. The Bertz CT molecular complexity index is 754. The van der Waals surface area contributed by atoms with Crippen molar-refractivity contribution in [3.8, 4) is 0 Å². The van der Waals surface area contributed by atoms with E-state index < -0.39 is 17.8 Å². The van der Waals surface area contributed by atoms with Gasteiger partial charge in [0.25, 0.3) is 5.91 Å². The lowest BCUT2D eigenvalue weighted by Gasteiger charge is -2.15. The van der Waals surface area contributed by atoms with Crippen LogP contribution in [-0.4, -0.2) is 30.1 Å². The molecule has 1 unspecified atom stereocenters. The zero-order valence-electron chi connectivity index (χ0n) is 12.2. The summed E-state index contributed by atoms with van der Waals surface area (Å²) in [7, 11) is 1.63. The average molecular weight is 302 g/mol. The van der Waals surface area contributed by atoms with Crippen molar-refractivity contribution in [2.75, 3.05) is 18.6 Å². The highest BCUT2D eigenvalue weighted by molar-refractivity contribution is 6.05.